The van der Waals surface area contributed by atoms with Gasteiger partial charge in [0.1, 0.15) is 5.71 Å². The van der Waals surface area contributed by atoms with Gasteiger partial charge in [-0.2, -0.15) is 0 Å². The molecule has 3 heteroatoms. The number of carbonyl (C=O) groups is 1. The maximum Gasteiger partial charge on any atom is 0.267 e. The molecule has 1 aliphatic carbocycles. The Labute approximate surface area is 84.3 Å². The molecular formula is C11H16N2O. The van der Waals surface area contributed by atoms with Crippen LogP contribution in [0, 0.1) is 17.2 Å². The number of nitrogens with zero attached hydrogens (tertiary/aromatic N) is 1. The molecule has 1 N–H and O–H groups in total. The van der Waals surface area contributed by atoms with Crippen LogP contribution in [0.1, 0.15) is 19.3 Å². The van der Waals surface area contributed by atoms with Crippen LogP contribution in [0.15, 0.2) is 12.2 Å². The van der Waals surface area contributed by atoms with E-state index in [1.807, 2.05) is 6.08 Å². The molecule has 14 heavy (non-hydrogen) atoms. The first-order chi connectivity index (χ1) is 6.70. The number of nitrogens with one attached hydrogen (secondary N) is 1. The summed E-state index contributed by atoms with van der Waals surface area (Å²) in [6.07, 6.45) is 7.43. The van der Waals surface area contributed by atoms with Crippen LogP contribution in [-0.4, -0.2) is 30.1 Å². The Bertz CT molecular complexity index is 296. The Balaban J connectivity index is 2.26. The van der Waals surface area contributed by atoms with E-state index in [9.17, 15) is 4.79 Å². The Morgan fingerprint density at radius 3 is 3.07 bits per heavy atom. The molecule has 1 heterocycles. The van der Waals surface area contributed by atoms with Crippen molar-refractivity contribution in [2.24, 2.45) is 11.8 Å². The summed E-state index contributed by atoms with van der Waals surface area (Å²) in [6.45, 7) is 0.802. The summed E-state index contributed by atoms with van der Waals surface area (Å²) in [6, 6.07) is 0. The fourth-order valence-electron chi connectivity index (χ4n) is 2.35. The molecule has 0 aromatic heterocycles. The predicted molar refractivity (Wildman–Crippen MR) is 55.3 cm³/mol. The molecule has 0 radical (unpaired) electrons. The average molecular weight is 192 g/mol. The molecule has 1 amide bonds. The number of fused-ring (bicyclic) bond motifs is 1. The molecule has 76 valence electrons. The lowest BCUT2D eigenvalue weighted by atomic mass is 9.80. The number of amides is 1. The number of hydrogen-bond donors (Lipinski definition) is 1. The van der Waals surface area contributed by atoms with Crippen molar-refractivity contribution in [1.82, 2.24) is 4.90 Å². The van der Waals surface area contributed by atoms with Gasteiger partial charge < -0.3 is 4.90 Å². The minimum Gasteiger partial charge on any atom is -0.341 e. The molecule has 2 rings (SSSR count). The van der Waals surface area contributed by atoms with Crippen LogP contribution in [0.4, 0.5) is 0 Å². The predicted octanol–water partition coefficient (Wildman–Crippen LogP) is 1.45. The van der Waals surface area contributed by atoms with E-state index in [0.717, 1.165) is 25.8 Å². The number of allylic oxidation sites excluding steroid dienone is 2. The summed E-state index contributed by atoms with van der Waals surface area (Å²) in [5.74, 6) is 0.506. The van der Waals surface area contributed by atoms with Gasteiger partial charge in [-0.05, 0) is 25.2 Å². The second kappa shape index (κ2) is 3.56. The molecule has 0 bridgehead atoms. The van der Waals surface area contributed by atoms with Crippen LogP contribution in [0.5, 0.6) is 0 Å². The lowest BCUT2D eigenvalue weighted by molar-refractivity contribution is -0.122. The highest BCUT2D eigenvalue weighted by Crippen LogP contribution is 2.31. The van der Waals surface area contributed by atoms with Crippen LogP contribution in [0.2, 0.25) is 0 Å². The van der Waals surface area contributed by atoms with Crippen LogP contribution in [0.25, 0.3) is 0 Å². The smallest absolute Gasteiger partial charge is 0.267 e. The molecule has 0 aromatic carbocycles. The summed E-state index contributed by atoms with van der Waals surface area (Å²) >= 11 is 0. The topological polar surface area (TPSA) is 44.2 Å². The molecular weight excluding hydrogens is 176 g/mol. The summed E-state index contributed by atoms with van der Waals surface area (Å²) in [5, 5.41) is 7.85. The highest BCUT2D eigenvalue weighted by molar-refractivity contribution is 6.38. The normalized spacial score (nSPS) is 32.8. The second-order valence-electron chi connectivity index (χ2n) is 4.22. The van der Waals surface area contributed by atoms with Crippen molar-refractivity contribution in [2.75, 3.05) is 13.6 Å². The van der Waals surface area contributed by atoms with Gasteiger partial charge >= 0.3 is 0 Å². The standard InChI is InChI=1S/C11H16N2O/c1-13-7-6-8-4-2-3-5-9(8)10(12)11(13)14/h3,5,8-9,12H,2,4,6-7H2,1H3. The van der Waals surface area contributed by atoms with Crippen molar-refractivity contribution in [3.63, 3.8) is 0 Å². The van der Waals surface area contributed by atoms with E-state index < -0.39 is 0 Å². The van der Waals surface area contributed by atoms with Gasteiger partial charge in [0, 0.05) is 19.5 Å². The summed E-state index contributed by atoms with van der Waals surface area (Å²) < 4.78 is 0. The number of hydrogen-bond acceptors (Lipinski definition) is 2. The third-order valence-electron chi connectivity index (χ3n) is 3.30. The Kier molecular flexibility index (Phi) is 2.40. The molecule has 2 unspecified atom stereocenters. The Morgan fingerprint density at radius 1 is 1.50 bits per heavy atom. The SMILES string of the molecule is CN1CCC2CCC=CC2C(=N)C1=O. The van der Waals surface area contributed by atoms with Crippen molar-refractivity contribution in [3.05, 3.63) is 12.2 Å². The van der Waals surface area contributed by atoms with Crippen LogP contribution >= 0.6 is 0 Å². The lowest BCUT2D eigenvalue weighted by Gasteiger charge is -2.24. The summed E-state index contributed by atoms with van der Waals surface area (Å²) in [5.41, 5.74) is 0.283. The zero-order valence-corrected chi connectivity index (χ0v) is 8.49. The maximum absolute atomic E-state index is 11.7. The first-order valence-electron chi connectivity index (χ1n) is 5.20. The second-order valence-corrected chi connectivity index (χ2v) is 4.22. The largest absolute Gasteiger partial charge is 0.341 e. The van der Waals surface area contributed by atoms with Gasteiger partial charge in [0.2, 0.25) is 0 Å². The molecule has 1 fully saturated rings. The molecule has 1 saturated heterocycles. The molecule has 1 aliphatic heterocycles. The van der Waals surface area contributed by atoms with Gasteiger partial charge in [0.05, 0.1) is 0 Å². The molecule has 0 aromatic rings. The van der Waals surface area contributed by atoms with E-state index in [1.165, 1.54) is 0 Å². The van der Waals surface area contributed by atoms with Crippen molar-refractivity contribution >= 4 is 11.6 Å². The van der Waals surface area contributed by atoms with Crippen LogP contribution in [0.3, 0.4) is 0 Å². The highest BCUT2D eigenvalue weighted by atomic mass is 16.2. The zero-order chi connectivity index (χ0) is 10.1. The van der Waals surface area contributed by atoms with E-state index in [-0.39, 0.29) is 17.5 Å². The van der Waals surface area contributed by atoms with Crippen LogP contribution in [-0.2, 0) is 4.79 Å². The Morgan fingerprint density at radius 2 is 2.29 bits per heavy atom. The fraction of sp³-hybridized carbons (Fsp3) is 0.636. The first kappa shape index (κ1) is 9.44. The Hall–Kier alpha value is -1.12. The van der Waals surface area contributed by atoms with Crippen molar-refractivity contribution in [3.8, 4) is 0 Å². The summed E-state index contributed by atoms with van der Waals surface area (Å²) in [7, 11) is 1.79. The van der Waals surface area contributed by atoms with Gasteiger partial charge in [-0.1, -0.05) is 12.2 Å². The molecule has 0 saturated carbocycles. The highest BCUT2D eigenvalue weighted by Gasteiger charge is 2.33. The van der Waals surface area contributed by atoms with Gasteiger partial charge in [0.25, 0.3) is 5.91 Å². The van der Waals surface area contributed by atoms with E-state index in [0.29, 0.717) is 5.92 Å². The molecule has 0 spiro atoms. The fourth-order valence-corrected chi connectivity index (χ4v) is 2.35. The molecule has 2 aliphatic rings. The van der Waals surface area contributed by atoms with E-state index in [2.05, 4.69) is 6.08 Å². The molecule has 2 atom stereocenters. The van der Waals surface area contributed by atoms with E-state index in [4.69, 9.17) is 5.41 Å². The third-order valence-corrected chi connectivity index (χ3v) is 3.30. The van der Waals surface area contributed by atoms with E-state index >= 15 is 0 Å². The monoisotopic (exact) mass is 192 g/mol. The average Bonchev–Trinajstić information content (AvgIpc) is 2.32. The van der Waals surface area contributed by atoms with Crippen molar-refractivity contribution in [1.29, 1.82) is 5.41 Å². The lowest BCUT2D eigenvalue weighted by Crippen LogP contribution is -2.34. The number of likely N-dealkylation sites (tertiary alicyclic amines) is 1. The third kappa shape index (κ3) is 1.47. The van der Waals surface area contributed by atoms with Crippen molar-refractivity contribution in [2.45, 2.75) is 19.3 Å². The minimum atomic E-state index is -0.0935. The van der Waals surface area contributed by atoms with Crippen molar-refractivity contribution < 1.29 is 4.79 Å². The van der Waals surface area contributed by atoms with Crippen LogP contribution < -0.4 is 0 Å². The molecule has 3 nitrogen and oxygen atoms in total. The first-order valence-corrected chi connectivity index (χ1v) is 5.20. The van der Waals surface area contributed by atoms with E-state index in [1.54, 1.807) is 11.9 Å². The van der Waals surface area contributed by atoms with Gasteiger partial charge in [-0.3, -0.25) is 10.2 Å². The van der Waals surface area contributed by atoms with Gasteiger partial charge in [-0.25, -0.2) is 0 Å². The minimum absolute atomic E-state index is 0.0844. The number of rotatable bonds is 0. The summed E-state index contributed by atoms with van der Waals surface area (Å²) in [4.78, 5) is 13.3. The van der Waals surface area contributed by atoms with Gasteiger partial charge in [0.15, 0.2) is 0 Å². The number of carbonyl (C=O) groups excluding carboxylic acids is 1. The van der Waals surface area contributed by atoms with Gasteiger partial charge in [-0.15, -0.1) is 0 Å². The zero-order valence-electron chi connectivity index (χ0n) is 8.49. The maximum atomic E-state index is 11.7. The quantitative estimate of drug-likeness (QED) is 0.580.